The molecule has 2 nitrogen and oxygen atoms in total. The fourth-order valence-corrected chi connectivity index (χ4v) is 2.48. The Balaban J connectivity index is 2.10. The molecule has 1 aromatic carbocycles. The molecule has 0 saturated heterocycles. The zero-order valence-electron chi connectivity index (χ0n) is 10.5. The summed E-state index contributed by atoms with van der Waals surface area (Å²) in [5.74, 6) is 1.62. The third kappa shape index (κ3) is 2.89. The third-order valence-electron chi connectivity index (χ3n) is 3.56. The molecule has 2 atom stereocenters. The average molecular weight is 296 g/mol. The van der Waals surface area contributed by atoms with Crippen molar-refractivity contribution in [3.05, 3.63) is 33.8 Å². The summed E-state index contributed by atoms with van der Waals surface area (Å²) in [7, 11) is 1.90. The van der Waals surface area contributed by atoms with Gasteiger partial charge in [0.25, 0.3) is 5.91 Å². The first kappa shape index (κ1) is 12.6. The van der Waals surface area contributed by atoms with Gasteiger partial charge in [-0.2, -0.15) is 0 Å². The number of hydrogen-bond acceptors (Lipinski definition) is 1. The van der Waals surface area contributed by atoms with E-state index >= 15 is 0 Å². The maximum atomic E-state index is 12.3. The number of aryl methyl sites for hydroxylation is 1. The molecule has 0 aromatic heterocycles. The highest BCUT2D eigenvalue weighted by molar-refractivity contribution is 9.10. The van der Waals surface area contributed by atoms with E-state index in [-0.39, 0.29) is 5.91 Å². The number of amides is 1. The molecule has 3 heteroatoms. The van der Waals surface area contributed by atoms with Crippen molar-refractivity contribution < 1.29 is 4.79 Å². The van der Waals surface area contributed by atoms with Crippen LogP contribution in [0.4, 0.5) is 0 Å². The minimum absolute atomic E-state index is 0.128. The van der Waals surface area contributed by atoms with E-state index in [0.29, 0.717) is 5.92 Å². The molecule has 1 aromatic rings. The van der Waals surface area contributed by atoms with Crippen LogP contribution in [0.15, 0.2) is 22.7 Å². The largest absolute Gasteiger partial charge is 0.341 e. The van der Waals surface area contributed by atoms with E-state index in [2.05, 4.69) is 22.9 Å². The molecule has 1 saturated carbocycles. The van der Waals surface area contributed by atoms with Crippen molar-refractivity contribution in [2.75, 3.05) is 13.6 Å². The van der Waals surface area contributed by atoms with E-state index in [1.807, 2.05) is 37.1 Å². The summed E-state index contributed by atoms with van der Waals surface area (Å²) in [5.41, 5.74) is 1.84. The van der Waals surface area contributed by atoms with Crippen molar-refractivity contribution in [3.63, 3.8) is 0 Å². The molecule has 0 bridgehead atoms. The van der Waals surface area contributed by atoms with E-state index in [4.69, 9.17) is 0 Å². The van der Waals surface area contributed by atoms with E-state index < -0.39 is 0 Å². The van der Waals surface area contributed by atoms with Crippen molar-refractivity contribution in [2.45, 2.75) is 20.3 Å². The van der Waals surface area contributed by atoms with Gasteiger partial charge in [0.2, 0.25) is 0 Å². The van der Waals surface area contributed by atoms with E-state index in [1.165, 1.54) is 6.42 Å². The number of halogens is 1. The number of carbonyl (C=O) groups excluding carboxylic acids is 1. The Morgan fingerprint density at radius 2 is 2.18 bits per heavy atom. The molecule has 17 heavy (non-hydrogen) atoms. The van der Waals surface area contributed by atoms with Gasteiger partial charge >= 0.3 is 0 Å². The number of nitrogens with zero attached hydrogens (tertiary/aromatic N) is 1. The van der Waals surface area contributed by atoms with Crippen LogP contribution in [-0.4, -0.2) is 24.4 Å². The summed E-state index contributed by atoms with van der Waals surface area (Å²) in [6.07, 6.45) is 1.26. The van der Waals surface area contributed by atoms with Gasteiger partial charge in [-0.25, -0.2) is 0 Å². The first-order chi connectivity index (χ1) is 7.99. The predicted octanol–water partition coefficient (Wildman–Crippen LogP) is 3.49. The molecule has 2 unspecified atom stereocenters. The Hall–Kier alpha value is -0.830. The molecule has 0 aliphatic heterocycles. The van der Waals surface area contributed by atoms with Crippen LogP contribution in [0.5, 0.6) is 0 Å². The second kappa shape index (κ2) is 4.81. The number of benzene rings is 1. The van der Waals surface area contributed by atoms with Crippen LogP contribution in [0.2, 0.25) is 0 Å². The lowest BCUT2D eigenvalue weighted by atomic mass is 10.1. The van der Waals surface area contributed by atoms with Gasteiger partial charge in [0.05, 0.1) is 0 Å². The number of hydrogen-bond donors (Lipinski definition) is 0. The topological polar surface area (TPSA) is 20.3 Å². The molecule has 1 amide bonds. The van der Waals surface area contributed by atoms with Crippen LogP contribution in [0.25, 0.3) is 0 Å². The minimum atomic E-state index is 0.128. The first-order valence-electron chi connectivity index (χ1n) is 6.00. The van der Waals surface area contributed by atoms with Crippen molar-refractivity contribution in [3.8, 4) is 0 Å². The fraction of sp³-hybridized carbons (Fsp3) is 0.500. The highest BCUT2D eigenvalue weighted by atomic mass is 79.9. The minimum Gasteiger partial charge on any atom is -0.341 e. The van der Waals surface area contributed by atoms with Gasteiger partial charge in [-0.3, -0.25) is 4.79 Å². The average Bonchev–Trinajstić information content (AvgIpc) is 2.96. The van der Waals surface area contributed by atoms with Gasteiger partial charge in [-0.15, -0.1) is 0 Å². The third-order valence-corrected chi connectivity index (χ3v) is 4.05. The summed E-state index contributed by atoms with van der Waals surface area (Å²) < 4.78 is 0.958. The highest BCUT2D eigenvalue weighted by Crippen LogP contribution is 2.38. The maximum Gasteiger partial charge on any atom is 0.253 e. The van der Waals surface area contributed by atoms with Crippen LogP contribution in [0, 0.1) is 18.8 Å². The van der Waals surface area contributed by atoms with Crippen LogP contribution in [-0.2, 0) is 0 Å². The van der Waals surface area contributed by atoms with E-state index in [9.17, 15) is 4.79 Å². The zero-order chi connectivity index (χ0) is 12.6. The van der Waals surface area contributed by atoms with Gasteiger partial charge in [0, 0.05) is 23.6 Å². The van der Waals surface area contributed by atoms with E-state index in [0.717, 1.165) is 28.1 Å². The van der Waals surface area contributed by atoms with Crippen LogP contribution in [0.3, 0.4) is 0 Å². The van der Waals surface area contributed by atoms with Gasteiger partial charge in [0.1, 0.15) is 0 Å². The lowest BCUT2D eigenvalue weighted by Crippen LogP contribution is -2.29. The van der Waals surface area contributed by atoms with Crippen LogP contribution < -0.4 is 0 Å². The van der Waals surface area contributed by atoms with Crippen LogP contribution in [0.1, 0.15) is 29.3 Å². The maximum absolute atomic E-state index is 12.3. The molecule has 0 spiro atoms. The Morgan fingerprint density at radius 1 is 1.53 bits per heavy atom. The summed E-state index contributed by atoms with van der Waals surface area (Å²) in [6.45, 7) is 5.10. The van der Waals surface area contributed by atoms with Crippen molar-refractivity contribution in [1.82, 2.24) is 4.90 Å². The van der Waals surface area contributed by atoms with Crippen molar-refractivity contribution in [1.29, 1.82) is 0 Å². The lowest BCUT2D eigenvalue weighted by molar-refractivity contribution is 0.0786. The second-order valence-electron chi connectivity index (χ2n) is 5.12. The SMILES string of the molecule is Cc1ccc(Br)cc1C(=O)N(C)CC1CC1C. The van der Waals surface area contributed by atoms with Gasteiger partial charge in [0.15, 0.2) is 0 Å². The molecular weight excluding hydrogens is 278 g/mol. The number of rotatable bonds is 3. The zero-order valence-corrected chi connectivity index (χ0v) is 12.1. The van der Waals surface area contributed by atoms with E-state index in [1.54, 1.807) is 0 Å². The second-order valence-corrected chi connectivity index (χ2v) is 6.03. The molecule has 0 N–H and O–H groups in total. The summed E-state index contributed by atoms with van der Waals surface area (Å²) in [4.78, 5) is 14.1. The first-order valence-corrected chi connectivity index (χ1v) is 6.80. The van der Waals surface area contributed by atoms with Gasteiger partial charge in [-0.1, -0.05) is 28.9 Å². The summed E-state index contributed by atoms with van der Waals surface area (Å²) in [5, 5.41) is 0. The Labute approximate surface area is 111 Å². The Morgan fingerprint density at radius 3 is 2.76 bits per heavy atom. The smallest absolute Gasteiger partial charge is 0.253 e. The molecule has 1 aliphatic rings. The van der Waals surface area contributed by atoms with Crippen LogP contribution >= 0.6 is 15.9 Å². The molecule has 0 heterocycles. The highest BCUT2D eigenvalue weighted by Gasteiger charge is 2.34. The predicted molar refractivity (Wildman–Crippen MR) is 73.1 cm³/mol. The Bertz CT molecular complexity index is 444. The monoisotopic (exact) mass is 295 g/mol. The molecule has 0 radical (unpaired) electrons. The van der Waals surface area contributed by atoms with Gasteiger partial charge < -0.3 is 4.90 Å². The summed E-state index contributed by atoms with van der Waals surface area (Å²) >= 11 is 3.42. The van der Waals surface area contributed by atoms with Gasteiger partial charge in [-0.05, 0) is 42.9 Å². The lowest BCUT2D eigenvalue weighted by Gasteiger charge is -2.18. The van der Waals surface area contributed by atoms with Crippen molar-refractivity contribution >= 4 is 21.8 Å². The number of carbonyl (C=O) groups is 1. The van der Waals surface area contributed by atoms with Crippen molar-refractivity contribution in [2.24, 2.45) is 11.8 Å². The molecule has 92 valence electrons. The quantitative estimate of drug-likeness (QED) is 0.836. The normalized spacial score (nSPS) is 22.4. The molecule has 1 aliphatic carbocycles. The molecule has 2 rings (SSSR count). The Kier molecular flexibility index (Phi) is 3.57. The summed E-state index contributed by atoms with van der Waals surface area (Å²) in [6, 6.07) is 5.85. The molecular formula is C14H18BrNO. The molecule has 1 fully saturated rings. The standard InChI is InChI=1S/C14H18BrNO/c1-9-4-5-12(15)7-13(9)14(17)16(3)8-11-6-10(11)2/h4-5,7,10-11H,6,8H2,1-3H3. The fourth-order valence-electron chi connectivity index (χ4n) is 2.12.